The van der Waals surface area contributed by atoms with Crippen LogP contribution in [0.5, 0.6) is 0 Å². The maximum absolute atomic E-state index is 12.3. The number of nitrogens with one attached hydrogen (secondary N) is 1. The van der Waals surface area contributed by atoms with Gasteiger partial charge in [0.2, 0.25) is 0 Å². The third-order valence-electron chi connectivity index (χ3n) is 4.57. The minimum atomic E-state index is -0.179. The van der Waals surface area contributed by atoms with Crippen molar-refractivity contribution >= 4 is 5.91 Å². The van der Waals surface area contributed by atoms with Gasteiger partial charge in [-0.1, -0.05) is 12.1 Å². The monoisotopic (exact) mass is 338 g/mol. The SMILES string of the molecule is CCn1ncnc1CN1CC[C@@H](CNC(=O)c2ccccc2C#N)C1. The first-order valence-corrected chi connectivity index (χ1v) is 8.57. The van der Waals surface area contributed by atoms with Gasteiger partial charge in [-0.2, -0.15) is 10.4 Å². The Labute approximate surface area is 147 Å². The van der Waals surface area contributed by atoms with E-state index in [0.29, 0.717) is 23.6 Å². The van der Waals surface area contributed by atoms with Gasteiger partial charge in [0.05, 0.1) is 23.7 Å². The summed E-state index contributed by atoms with van der Waals surface area (Å²) in [4.78, 5) is 19.0. The van der Waals surface area contributed by atoms with Gasteiger partial charge >= 0.3 is 0 Å². The Bertz CT molecular complexity index is 778. The van der Waals surface area contributed by atoms with Crippen LogP contribution in [0.15, 0.2) is 30.6 Å². The van der Waals surface area contributed by atoms with Crippen molar-refractivity contribution in [3.8, 4) is 6.07 Å². The highest BCUT2D eigenvalue weighted by atomic mass is 16.1. The molecule has 1 aromatic carbocycles. The molecule has 2 aromatic rings. The van der Waals surface area contributed by atoms with Crippen LogP contribution in [0.1, 0.15) is 35.1 Å². The van der Waals surface area contributed by atoms with E-state index in [1.807, 2.05) is 4.68 Å². The molecule has 0 unspecified atom stereocenters. The van der Waals surface area contributed by atoms with E-state index in [2.05, 4.69) is 33.3 Å². The number of hydrogen-bond acceptors (Lipinski definition) is 5. The number of nitrogens with zero attached hydrogens (tertiary/aromatic N) is 5. The summed E-state index contributed by atoms with van der Waals surface area (Å²) in [5.74, 6) is 1.22. The van der Waals surface area contributed by atoms with Crippen molar-refractivity contribution in [2.24, 2.45) is 5.92 Å². The lowest BCUT2D eigenvalue weighted by Crippen LogP contribution is -2.31. The number of rotatable bonds is 6. The third kappa shape index (κ3) is 4.03. The third-order valence-corrected chi connectivity index (χ3v) is 4.57. The van der Waals surface area contributed by atoms with Crippen LogP contribution in [0.2, 0.25) is 0 Å². The van der Waals surface area contributed by atoms with Crippen molar-refractivity contribution in [1.29, 1.82) is 5.26 Å². The van der Waals surface area contributed by atoms with E-state index in [-0.39, 0.29) is 5.91 Å². The molecule has 0 aliphatic carbocycles. The lowest BCUT2D eigenvalue weighted by Gasteiger charge is -2.16. The summed E-state index contributed by atoms with van der Waals surface area (Å²) in [6.45, 7) is 6.20. The minimum Gasteiger partial charge on any atom is -0.352 e. The van der Waals surface area contributed by atoms with Gasteiger partial charge in [0, 0.05) is 19.6 Å². The first-order valence-electron chi connectivity index (χ1n) is 8.57. The van der Waals surface area contributed by atoms with Gasteiger partial charge in [-0.3, -0.25) is 9.69 Å². The number of hydrogen-bond donors (Lipinski definition) is 1. The second-order valence-electron chi connectivity index (χ2n) is 6.25. The summed E-state index contributed by atoms with van der Waals surface area (Å²) < 4.78 is 1.91. The molecular formula is C18H22N6O. The largest absolute Gasteiger partial charge is 0.352 e. The lowest BCUT2D eigenvalue weighted by molar-refractivity contribution is 0.0947. The molecule has 1 fully saturated rings. The van der Waals surface area contributed by atoms with Crippen LogP contribution in [0.25, 0.3) is 0 Å². The standard InChI is InChI=1S/C18H22N6O/c1-2-24-17(21-13-22-24)12-23-8-7-14(11-23)10-20-18(25)16-6-4-3-5-15(16)9-19/h3-6,13-14H,2,7-8,10-12H2,1H3,(H,20,25)/t14-/m0/s1. The van der Waals surface area contributed by atoms with E-state index in [4.69, 9.17) is 5.26 Å². The summed E-state index contributed by atoms with van der Waals surface area (Å²) >= 11 is 0. The summed E-state index contributed by atoms with van der Waals surface area (Å²) in [6.07, 6.45) is 2.64. The number of nitriles is 1. The van der Waals surface area contributed by atoms with Crippen LogP contribution in [0.3, 0.4) is 0 Å². The summed E-state index contributed by atoms with van der Waals surface area (Å²) in [7, 11) is 0. The lowest BCUT2D eigenvalue weighted by atomic mass is 10.1. The molecule has 130 valence electrons. The molecule has 0 bridgehead atoms. The Kier molecular flexibility index (Phi) is 5.41. The van der Waals surface area contributed by atoms with Gasteiger partial charge in [-0.15, -0.1) is 0 Å². The van der Waals surface area contributed by atoms with Crippen LogP contribution in [-0.2, 0) is 13.1 Å². The first-order chi connectivity index (χ1) is 12.2. The van der Waals surface area contributed by atoms with Gasteiger partial charge < -0.3 is 5.32 Å². The predicted octanol–water partition coefficient (Wildman–Crippen LogP) is 1.42. The van der Waals surface area contributed by atoms with Crippen molar-refractivity contribution in [3.63, 3.8) is 0 Å². The molecule has 7 heteroatoms. The minimum absolute atomic E-state index is 0.179. The predicted molar refractivity (Wildman–Crippen MR) is 92.6 cm³/mol. The average molecular weight is 338 g/mol. The van der Waals surface area contributed by atoms with E-state index < -0.39 is 0 Å². The molecule has 1 atom stereocenters. The molecule has 1 N–H and O–H groups in total. The number of carbonyl (C=O) groups is 1. The maximum Gasteiger partial charge on any atom is 0.252 e. The smallest absolute Gasteiger partial charge is 0.252 e. The van der Waals surface area contributed by atoms with Crippen LogP contribution in [0, 0.1) is 17.2 Å². The number of likely N-dealkylation sites (tertiary alicyclic amines) is 1. The molecule has 0 radical (unpaired) electrons. The van der Waals surface area contributed by atoms with Crippen molar-refractivity contribution in [1.82, 2.24) is 25.0 Å². The van der Waals surface area contributed by atoms with Crippen molar-refractivity contribution < 1.29 is 4.79 Å². The molecule has 25 heavy (non-hydrogen) atoms. The van der Waals surface area contributed by atoms with Gasteiger partial charge in [-0.05, 0) is 37.9 Å². The Hall–Kier alpha value is -2.72. The molecule has 3 rings (SSSR count). The van der Waals surface area contributed by atoms with E-state index in [9.17, 15) is 4.79 Å². The van der Waals surface area contributed by atoms with Gasteiger partial charge in [0.15, 0.2) is 0 Å². The Balaban J connectivity index is 1.50. The van der Waals surface area contributed by atoms with E-state index in [1.54, 1.807) is 30.6 Å². The van der Waals surface area contributed by atoms with Crippen LogP contribution in [-0.4, -0.2) is 45.2 Å². The first kappa shape index (κ1) is 17.1. The molecule has 1 aliphatic heterocycles. The highest BCUT2D eigenvalue weighted by molar-refractivity contribution is 5.96. The molecular weight excluding hydrogens is 316 g/mol. The number of aromatic nitrogens is 3. The molecule has 1 aromatic heterocycles. The summed E-state index contributed by atoms with van der Waals surface area (Å²) in [5, 5.41) is 16.3. The van der Waals surface area contributed by atoms with Gasteiger partial charge in [0.1, 0.15) is 12.2 Å². The topological polar surface area (TPSA) is 86.8 Å². The van der Waals surface area contributed by atoms with Crippen LogP contribution >= 0.6 is 0 Å². The molecule has 1 amide bonds. The Morgan fingerprint density at radius 3 is 3.08 bits per heavy atom. The summed E-state index contributed by atoms with van der Waals surface area (Å²) in [6, 6.07) is 8.95. The molecule has 7 nitrogen and oxygen atoms in total. The molecule has 0 saturated carbocycles. The fraction of sp³-hybridized carbons (Fsp3) is 0.444. The van der Waals surface area contributed by atoms with Gasteiger partial charge in [-0.25, -0.2) is 9.67 Å². The van der Waals surface area contributed by atoms with Crippen LogP contribution < -0.4 is 5.32 Å². The van der Waals surface area contributed by atoms with Gasteiger partial charge in [0.25, 0.3) is 5.91 Å². The fourth-order valence-corrected chi connectivity index (χ4v) is 3.21. The van der Waals surface area contributed by atoms with Crippen molar-refractivity contribution in [2.75, 3.05) is 19.6 Å². The Morgan fingerprint density at radius 1 is 1.44 bits per heavy atom. The maximum atomic E-state index is 12.3. The molecule has 0 spiro atoms. The molecule has 1 aliphatic rings. The zero-order valence-electron chi connectivity index (χ0n) is 14.4. The second kappa shape index (κ2) is 7.90. The van der Waals surface area contributed by atoms with E-state index in [0.717, 1.165) is 38.4 Å². The highest BCUT2D eigenvalue weighted by Gasteiger charge is 2.24. The number of benzene rings is 1. The molecule has 1 saturated heterocycles. The fourth-order valence-electron chi connectivity index (χ4n) is 3.21. The zero-order chi connectivity index (χ0) is 17.6. The normalized spacial score (nSPS) is 17.4. The second-order valence-corrected chi connectivity index (χ2v) is 6.25. The summed E-state index contributed by atoms with van der Waals surface area (Å²) in [5.41, 5.74) is 0.850. The Morgan fingerprint density at radius 2 is 2.28 bits per heavy atom. The average Bonchev–Trinajstić information content (AvgIpc) is 3.29. The quantitative estimate of drug-likeness (QED) is 0.861. The van der Waals surface area contributed by atoms with Crippen molar-refractivity contribution in [3.05, 3.63) is 47.5 Å². The van der Waals surface area contributed by atoms with E-state index >= 15 is 0 Å². The highest BCUT2D eigenvalue weighted by Crippen LogP contribution is 2.18. The molecule has 2 heterocycles. The van der Waals surface area contributed by atoms with Crippen molar-refractivity contribution in [2.45, 2.75) is 26.4 Å². The zero-order valence-corrected chi connectivity index (χ0v) is 14.4. The van der Waals surface area contributed by atoms with E-state index in [1.165, 1.54) is 0 Å². The van der Waals surface area contributed by atoms with Crippen LogP contribution in [0.4, 0.5) is 0 Å². The number of aryl methyl sites for hydroxylation is 1. The number of amides is 1. The number of carbonyl (C=O) groups excluding carboxylic acids is 1.